The van der Waals surface area contributed by atoms with Crippen molar-refractivity contribution in [2.24, 2.45) is 0 Å². The van der Waals surface area contributed by atoms with E-state index in [0.717, 1.165) is 0 Å². The quantitative estimate of drug-likeness (QED) is 0.104. The highest BCUT2D eigenvalue weighted by Gasteiger charge is 2.51. The molecule has 244 valence electrons. The number of thiocarbonyl (C=S) groups is 1. The highest BCUT2D eigenvalue weighted by atomic mass is 32.2. The Balaban J connectivity index is 2.14. The van der Waals surface area contributed by atoms with E-state index in [4.69, 9.17) is 12.2 Å². The first-order valence-corrected chi connectivity index (χ1v) is 17.6. The van der Waals surface area contributed by atoms with Gasteiger partial charge in [-0.05, 0) is 74.3 Å². The normalized spacial score (nSPS) is 16.3. The minimum atomic E-state index is -4.42. The summed E-state index contributed by atoms with van der Waals surface area (Å²) in [6.07, 6.45) is 3.63. The summed E-state index contributed by atoms with van der Waals surface area (Å²) in [7, 11) is -8.79. The Kier molecular flexibility index (Phi) is 11.6. The number of carbonyl (C=O) groups excluding carboxylic acids is 3. The maximum Gasteiger partial charge on any atom is 0.324 e. The van der Waals surface area contributed by atoms with Crippen molar-refractivity contribution < 1.29 is 35.2 Å². The Labute approximate surface area is 269 Å². The van der Waals surface area contributed by atoms with Gasteiger partial charge < -0.3 is 21.4 Å². The maximum absolute atomic E-state index is 13.9. The predicted molar refractivity (Wildman–Crippen MR) is 176 cm³/mol. The van der Waals surface area contributed by atoms with Crippen LogP contribution in [0, 0.1) is 0 Å². The molecule has 2 aromatic rings. The van der Waals surface area contributed by atoms with E-state index in [9.17, 15) is 31.2 Å². The van der Waals surface area contributed by atoms with Gasteiger partial charge in [-0.1, -0.05) is 38.1 Å². The molecule has 3 amide bonds. The molecule has 2 aromatic carbocycles. The van der Waals surface area contributed by atoms with E-state index in [2.05, 4.69) is 26.1 Å². The summed E-state index contributed by atoms with van der Waals surface area (Å²) in [5, 5.41) is 8.72. The highest BCUT2D eigenvalue weighted by molar-refractivity contribution is 7.90. The Bertz CT molecular complexity index is 1730. The summed E-state index contributed by atoms with van der Waals surface area (Å²) in [4.78, 5) is 36.3. The zero-order valence-corrected chi connectivity index (χ0v) is 28.2. The monoisotopic (exact) mass is 678 g/mol. The predicted octanol–water partition coefficient (Wildman–Crippen LogP) is 4.21. The van der Waals surface area contributed by atoms with Crippen LogP contribution in [0.4, 0.5) is 11.4 Å². The molecule has 0 bridgehead atoms. The van der Waals surface area contributed by atoms with Gasteiger partial charge >= 0.3 is 15.9 Å². The van der Waals surface area contributed by atoms with Crippen molar-refractivity contribution in [3.63, 3.8) is 0 Å². The zero-order chi connectivity index (χ0) is 33.6. The maximum atomic E-state index is 13.9. The van der Waals surface area contributed by atoms with Crippen LogP contribution in [0.25, 0.3) is 17.6 Å². The molecule has 1 aliphatic heterocycles. The van der Waals surface area contributed by atoms with Gasteiger partial charge in [0, 0.05) is 37.4 Å². The lowest BCUT2D eigenvalue weighted by molar-refractivity contribution is -0.555. The van der Waals surface area contributed by atoms with Gasteiger partial charge in [0.15, 0.2) is 5.11 Å². The van der Waals surface area contributed by atoms with Crippen LogP contribution in [0.1, 0.15) is 71.4 Å². The van der Waals surface area contributed by atoms with Gasteiger partial charge in [0.2, 0.25) is 11.8 Å². The molecule has 1 fully saturated rings. The first-order chi connectivity index (χ1) is 21.1. The summed E-state index contributed by atoms with van der Waals surface area (Å²) < 4.78 is 55.5. The van der Waals surface area contributed by atoms with Crippen molar-refractivity contribution in [1.82, 2.24) is 10.0 Å². The number of benzene rings is 2. The van der Waals surface area contributed by atoms with Gasteiger partial charge in [0.05, 0.1) is 11.3 Å². The van der Waals surface area contributed by atoms with Crippen LogP contribution in [-0.4, -0.2) is 56.4 Å². The average Bonchev–Trinajstić information content (AvgIpc) is 3.75. The fraction of sp³-hybridized carbons (Fsp3) is 0.379. The standard InChI is InChI=1S/C29H38N6O7S3/c1-6-8-27(37)34-44(39,40)25-16-24(33-29(43)31-19(3)4)15-12-21(25)10-11-22-13-14-23(32-20(5)36)17-26(22)45(41,42)35(18-30-35)28(38)9-7-2/h10-17,19H,6-9,18H2,1-5H3,(H,32,36)(H,34,37)(H2,31,33,43)/b11-10+. The molecule has 0 radical (unpaired) electrons. The third-order valence-corrected chi connectivity index (χ3v) is 10.2. The van der Waals surface area contributed by atoms with E-state index in [1.165, 1.54) is 49.4 Å². The largest absolute Gasteiger partial charge is 0.378 e. The molecule has 1 saturated heterocycles. The van der Waals surface area contributed by atoms with E-state index in [0.29, 0.717) is 18.5 Å². The SMILES string of the molecule is CCCC(=O)NS(=O)(=O)c1cc(NC(=S)NC(C)C)ccc1/C=C/c1ccc(NC(C)=O)cc1S(=O)(=O)[N+]1(C(=O)CCC)C[N-]1. The van der Waals surface area contributed by atoms with Crippen LogP contribution in [0.15, 0.2) is 46.2 Å². The van der Waals surface area contributed by atoms with Crippen LogP contribution in [0.2, 0.25) is 0 Å². The molecule has 1 aliphatic rings. The lowest BCUT2D eigenvalue weighted by Gasteiger charge is -2.22. The molecule has 0 spiro atoms. The number of hydrogen-bond acceptors (Lipinski definition) is 8. The van der Waals surface area contributed by atoms with Crippen molar-refractivity contribution in [2.75, 3.05) is 17.3 Å². The Morgan fingerprint density at radius 1 is 0.911 bits per heavy atom. The number of nitrogens with one attached hydrogen (secondary N) is 4. The molecular weight excluding hydrogens is 641 g/mol. The van der Waals surface area contributed by atoms with Crippen LogP contribution in [0.5, 0.6) is 0 Å². The summed E-state index contributed by atoms with van der Waals surface area (Å²) in [5.41, 5.74) is 4.71. The fourth-order valence-electron chi connectivity index (χ4n) is 4.30. The van der Waals surface area contributed by atoms with Gasteiger partial charge in [-0.3, -0.25) is 9.59 Å². The van der Waals surface area contributed by atoms with Crippen LogP contribution >= 0.6 is 12.2 Å². The zero-order valence-electron chi connectivity index (χ0n) is 25.7. The van der Waals surface area contributed by atoms with E-state index >= 15 is 0 Å². The summed E-state index contributed by atoms with van der Waals surface area (Å²) in [6.45, 7) is 8.29. The molecule has 45 heavy (non-hydrogen) atoms. The number of carbonyl (C=O) groups is 3. The summed E-state index contributed by atoms with van der Waals surface area (Å²) in [5.74, 6) is -1.69. The van der Waals surface area contributed by atoms with Crippen molar-refractivity contribution in [3.8, 4) is 0 Å². The minimum Gasteiger partial charge on any atom is -0.378 e. The first kappa shape index (κ1) is 35.8. The molecule has 0 saturated carbocycles. The number of amides is 3. The van der Waals surface area contributed by atoms with Crippen molar-refractivity contribution >= 4 is 78.6 Å². The number of sulfonamides is 2. The molecule has 1 heterocycles. The molecule has 0 aromatic heterocycles. The molecule has 1 unspecified atom stereocenters. The molecule has 0 aliphatic carbocycles. The van der Waals surface area contributed by atoms with Gasteiger partial charge in [-0.25, -0.2) is 21.9 Å². The third-order valence-electron chi connectivity index (χ3n) is 6.41. The number of hydrogen-bond donors (Lipinski definition) is 4. The molecule has 13 nitrogen and oxygen atoms in total. The molecule has 16 heteroatoms. The Morgan fingerprint density at radius 3 is 1.96 bits per heavy atom. The Morgan fingerprint density at radius 2 is 1.44 bits per heavy atom. The Hall–Kier alpha value is -3.70. The van der Waals surface area contributed by atoms with Gasteiger partial charge in [-0.15, -0.1) is 0 Å². The second-order valence-corrected chi connectivity index (χ2v) is 14.7. The van der Waals surface area contributed by atoms with Crippen LogP contribution < -0.4 is 20.7 Å². The molecule has 3 rings (SSSR count). The first-order valence-electron chi connectivity index (χ1n) is 14.3. The molecule has 1 atom stereocenters. The van der Waals surface area contributed by atoms with Gasteiger partial charge in [-0.2, -0.15) is 8.42 Å². The van der Waals surface area contributed by atoms with Crippen molar-refractivity contribution in [3.05, 3.63) is 53.0 Å². The van der Waals surface area contributed by atoms with Crippen LogP contribution in [0.3, 0.4) is 0 Å². The lowest BCUT2D eigenvalue weighted by atomic mass is 10.1. The average molecular weight is 679 g/mol. The van der Waals surface area contributed by atoms with Gasteiger partial charge in [0.25, 0.3) is 10.0 Å². The third kappa shape index (κ3) is 8.73. The van der Waals surface area contributed by atoms with Crippen molar-refractivity contribution in [1.29, 1.82) is 0 Å². The van der Waals surface area contributed by atoms with E-state index < -0.39 is 41.8 Å². The molecular formula is C29H38N6O7S3. The van der Waals surface area contributed by atoms with Gasteiger partial charge in [0.1, 0.15) is 4.90 Å². The highest BCUT2D eigenvalue weighted by Crippen LogP contribution is 2.43. The summed E-state index contributed by atoms with van der Waals surface area (Å²) in [6, 6.07) is 8.54. The van der Waals surface area contributed by atoms with Crippen LogP contribution in [-0.2, 0) is 34.4 Å². The van der Waals surface area contributed by atoms with E-state index in [1.807, 2.05) is 13.8 Å². The van der Waals surface area contributed by atoms with Crippen molar-refractivity contribution in [2.45, 2.75) is 76.1 Å². The number of anilines is 2. The number of rotatable bonds is 13. The second kappa shape index (κ2) is 14.6. The fourth-order valence-corrected chi connectivity index (χ4v) is 7.65. The number of nitrogens with zero attached hydrogens (tertiary/aromatic N) is 2. The molecule has 4 N–H and O–H groups in total. The van der Waals surface area contributed by atoms with E-state index in [1.54, 1.807) is 19.9 Å². The smallest absolute Gasteiger partial charge is 0.324 e. The lowest BCUT2D eigenvalue weighted by Crippen LogP contribution is -2.38. The number of quaternary nitrogens is 1. The minimum absolute atomic E-state index is 0.000763. The topological polar surface area (TPSA) is 182 Å². The van der Waals surface area contributed by atoms with E-state index in [-0.39, 0.29) is 57.3 Å². The second-order valence-electron chi connectivity index (χ2n) is 10.7. The summed E-state index contributed by atoms with van der Waals surface area (Å²) >= 11 is 5.29.